The number of amides is 2. The minimum absolute atomic E-state index is 0.263. The molecule has 0 aromatic heterocycles. The zero-order chi connectivity index (χ0) is 15.4. The van der Waals surface area contributed by atoms with Gasteiger partial charge in [-0.15, -0.1) is 0 Å². The van der Waals surface area contributed by atoms with Gasteiger partial charge < -0.3 is 16.4 Å². The number of nitrogens with one attached hydrogen (secondary N) is 2. The summed E-state index contributed by atoms with van der Waals surface area (Å²) in [7, 11) is 0. The van der Waals surface area contributed by atoms with Crippen LogP contribution in [0.1, 0.15) is 16.7 Å². The first-order chi connectivity index (χ1) is 9.97. The number of carbonyl (C=O) groups is 1. The first-order valence-corrected chi connectivity index (χ1v) is 6.92. The number of hydrogen-bond acceptors (Lipinski definition) is 2. The van der Waals surface area contributed by atoms with Gasteiger partial charge in [-0.05, 0) is 37.6 Å². The van der Waals surface area contributed by atoms with Crippen molar-refractivity contribution in [3.8, 4) is 0 Å². The maximum absolute atomic E-state index is 12.0. The predicted octanol–water partition coefficient (Wildman–Crippen LogP) is 3.58. The molecule has 0 spiro atoms. The van der Waals surface area contributed by atoms with E-state index in [1.165, 1.54) is 0 Å². The van der Waals surface area contributed by atoms with Crippen LogP contribution >= 0.6 is 12.2 Å². The third-order valence-corrected chi connectivity index (χ3v) is 3.28. The summed E-state index contributed by atoms with van der Waals surface area (Å²) in [6, 6.07) is 12.7. The molecule has 4 N–H and O–H groups in total. The van der Waals surface area contributed by atoms with Crippen LogP contribution in [0, 0.1) is 13.8 Å². The molecule has 0 heterocycles. The molecule has 0 bridgehead atoms. The summed E-state index contributed by atoms with van der Waals surface area (Å²) in [6.45, 7) is 3.89. The molecule has 2 aromatic rings. The molecule has 5 heteroatoms. The molecule has 21 heavy (non-hydrogen) atoms. The second kappa shape index (κ2) is 6.37. The van der Waals surface area contributed by atoms with Crippen LogP contribution in [0.2, 0.25) is 0 Å². The highest BCUT2D eigenvalue weighted by Gasteiger charge is 2.11. The van der Waals surface area contributed by atoms with E-state index in [0.29, 0.717) is 11.3 Å². The highest BCUT2D eigenvalue weighted by molar-refractivity contribution is 7.80. The van der Waals surface area contributed by atoms with Crippen LogP contribution in [0.4, 0.5) is 16.2 Å². The van der Waals surface area contributed by atoms with E-state index in [1.807, 2.05) is 50.2 Å². The van der Waals surface area contributed by atoms with Gasteiger partial charge in [-0.2, -0.15) is 0 Å². The Kier molecular flexibility index (Phi) is 4.55. The number of urea groups is 1. The third-order valence-electron chi connectivity index (χ3n) is 3.08. The van der Waals surface area contributed by atoms with Crippen molar-refractivity contribution >= 4 is 34.6 Å². The summed E-state index contributed by atoms with van der Waals surface area (Å²) in [5.41, 5.74) is 9.80. The van der Waals surface area contributed by atoms with Gasteiger partial charge in [0.15, 0.2) is 0 Å². The van der Waals surface area contributed by atoms with E-state index in [0.717, 1.165) is 16.8 Å². The number of benzene rings is 2. The maximum atomic E-state index is 12.0. The van der Waals surface area contributed by atoms with Gasteiger partial charge in [0.2, 0.25) is 0 Å². The largest absolute Gasteiger partial charge is 0.389 e. The van der Waals surface area contributed by atoms with Crippen molar-refractivity contribution in [1.29, 1.82) is 0 Å². The van der Waals surface area contributed by atoms with Crippen molar-refractivity contribution in [1.82, 2.24) is 0 Å². The lowest BCUT2D eigenvalue weighted by molar-refractivity contribution is 0.262. The molecular weight excluding hydrogens is 282 g/mol. The zero-order valence-corrected chi connectivity index (χ0v) is 12.8. The van der Waals surface area contributed by atoms with Gasteiger partial charge in [-0.3, -0.25) is 0 Å². The molecule has 4 nitrogen and oxygen atoms in total. The lowest BCUT2D eigenvalue weighted by Crippen LogP contribution is -2.22. The monoisotopic (exact) mass is 299 g/mol. The Morgan fingerprint density at radius 1 is 1.05 bits per heavy atom. The summed E-state index contributed by atoms with van der Waals surface area (Å²) in [5, 5.41) is 5.55. The lowest BCUT2D eigenvalue weighted by Gasteiger charge is -2.13. The second-order valence-corrected chi connectivity index (χ2v) is 5.25. The van der Waals surface area contributed by atoms with Gasteiger partial charge >= 0.3 is 6.03 Å². The fraction of sp³-hybridized carbons (Fsp3) is 0.125. The van der Waals surface area contributed by atoms with E-state index < -0.39 is 0 Å². The Labute approximate surface area is 129 Å². The molecular formula is C16H17N3OS. The Balaban J connectivity index is 2.15. The molecule has 0 aliphatic heterocycles. The van der Waals surface area contributed by atoms with Gasteiger partial charge in [-0.25, -0.2) is 4.79 Å². The maximum Gasteiger partial charge on any atom is 0.323 e. The highest BCUT2D eigenvalue weighted by atomic mass is 32.1. The standard InChI is InChI=1S/C16H17N3OS/c1-10-6-8-12(9-7-10)18-16(20)19-13-5-3-4-11(2)14(13)15(17)21/h3-9H,1-2H3,(H2,17,21)(H2,18,19,20). The van der Waals surface area contributed by atoms with Gasteiger partial charge in [0.1, 0.15) is 4.99 Å². The molecule has 0 saturated carbocycles. The first kappa shape index (κ1) is 15.0. The molecule has 0 radical (unpaired) electrons. The highest BCUT2D eigenvalue weighted by Crippen LogP contribution is 2.20. The Morgan fingerprint density at radius 3 is 2.33 bits per heavy atom. The summed E-state index contributed by atoms with van der Waals surface area (Å²) < 4.78 is 0. The number of rotatable bonds is 3. The summed E-state index contributed by atoms with van der Waals surface area (Å²) in [6.07, 6.45) is 0. The predicted molar refractivity (Wildman–Crippen MR) is 90.9 cm³/mol. The number of aryl methyl sites for hydroxylation is 2. The SMILES string of the molecule is Cc1ccc(NC(=O)Nc2cccc(C)c2C(N)=S)cc1. The smallest absolute Gasteiger partial charge is 0.323 e. The number of nitrogens with two attached hydrogens (primary N) is 1. The quantitative estimate of drug-likeness (QED) is 0.759. The number of carbonyl (C=O) groups excluding carboxylic acids is 1. The zero-order valence-electron chi connectivity index (χ0n) is 11.9. The molecule has 2 aromatic carbocycles. The van der Waals surface area contributed by atoms with Crippen LogP contribution in [-0.4, -0.2) is 11.0 Å². The van der Waals surface area contributed by atoms with Crippen molar-refractivity contribution in [3.63, 3.8) is 0 Å². The van der Waals surface area contributed by atoms with Crippen molar-refractivity contribution < 1.29 is 4.79 Å². The summed E-state index contributed by atoms with van der Waals surface area (Å²) >= 11 is 5.04. The third kappa shape index (κ3) is 3.79. The average molecular weight is 299 g/mol. The Morgan fingerprint density at radius 2 is 1.71 bits per heavy atom. The minimum Gasteiger partial charge on any atom is -0.389 e. The van der Waals surface area contributed by atoms with Gasteiger partial charge in [0.05, 0.1) is 5.69 Å². The van der Waals surface area contributed by atoms with Crippen LogP contribution in [0.15, 0.2) is 42.5 Å². The molecule has 108 valence electrons. The first-order valence-electron chi connectivity index (χ1n) is 6.51. The second-order valence-electron chi connectivity index (χ2n) is 4.81. The van der Waals surface area contributed by atoms with E-state index in [1.54, 1.807) is 6.07 Å². The van der Waals surface area contributed by atoms with Gasteiger partial charge in [0, 0.05) is 11.3 Å². The van der Waals surface area contributed by atoms with E-state index in [9.17, 15) is 4.79 Å². The van der Waals surface area contributed by atoms with Crippen molar-refractivity contribution in [3.05, 3.63) is 59.2 Å². The molecule has 2 amide bonds. The Hall–Kier alpha value is -2.40. The van der Waals surface area contributed by atoms with E-state index in [2.05, 4.69) is 10.6 Å². The van der Waals surface area contributed by atoms with Gasteiger partial charge in [-0.1, -0.05) is 42.0 Å². The van der Waals surface area contributed by atoms with Crippen LogP contribution in [0.5, 0.6) is 0 Å². The molecule has 2 rings (SSSR count). The molecule has 0 aliphatic rings. The molecule has 0 unspecified atom stereocenters. The minimum atomic E-state index is -0.332. The van der Waals surface area contributed by atoms with Crippen molar-refractivity contribution in [2.24, 2.45) is 5.73 Å². The Bertz CT molecular complexity index is 680. The number of thiocarbonyl (C=S) groups is 1. The van der Waals surface area contributed by atoms with E-state index in [-0.39, 0.29) is 11.0 Å². The van der Waals surface area contributed by atoms with Crippen LogP contribution in [0.3, 0.4) is 0 Å². The fourth-order valence-electron chi connectivity index (χ4n) is 2.02. The summed E-state index contributed by atoms with van der Waals surface area (Å²) in [5.74, 6) is 0. The number of hydrogen-bond donors (Lipinski definition) is 3. The number of anilines is 2. The molecule has 0 atom stereocenters. The van der Waals surface area contributed by atoms with Crippen LogP contribution < -0.4 is 16.4 Å². The lowest BCUT2D eigenvalue weighted by atomic mass is 10.1. The van der Waals surface area contributed by atoms with Crippen LogP contribution in [-0.2, 0) is 0 Å². The van der Waals surface area contributed by atoms with Crippen molar-refractivity contribution in [2.45, 2.75) is 13.8 Å². The summed E-state index contributed by atoms with van der Waals surface area (Å²) in [4.78, 5) is 12.3. The van der Waals surface area contributed by atoms with Crippen LogP contribution in [0.25, 0.3) is 0 Å². The van der Waals surface area contributed by atoms with E-state index in [4.69, 9.17) is 18.0 Å². The normalized spacial score (nSPS) is 10.0. The fourth-order valence-corrected chi connectivity index (χ4v) is 2.29. The van der Waals surface area contributed by atoms with Gasteiger partial charge in [0.25, 0.3) is 0 Å². The molecule has 0 saturated heterocycles. The van der Waals surface area contributed by atoms with E-state index >= 15 is 0 Å². The molecule has 0 fully saturated rings. The van der Waals surface area contributed by atoms with Crippen molar-refractivity contribution in [2.75, 3.05) is 10.6 Å². The molecule has 0 aliphatic carbocycles. The topological polar surface area (TPSA) is 67.2 Å². The average Bonchev–Trinajstić information content (AvgIpc) is 2.41.